The highest BCUT2D eigenvalue weighted by atomic mass is 32.2. The van der Waals surface area contributed by atoms with E-state index in [0.29, 0.717) is 13.0 Å². The summed E-state index contributed by atoms with van der Waals surface area (Å²) in [5.74, 6) is -0.0615. The summed E-state index contributed by atoms with van der Waals surface area (Å²) in [6, 6.07) is 9.38. The van der Waals surface area contributed by atoms with Gasteiger partial charge in [-0.1, -0.05) is 6.07 Å². The molecule has 1 N–H and O–H groups in total. The average Bonchev–Trinajstić information content (AvgIpc) is 2.45. The molecule has 1 heterocycles. The quantitative estimate of drug-likeness (QED) is 0.909. The van der Waals surface area contributed by atoms with Crippen LogP contribution in [-0.4, -0.2) is 36.4 Å². The van der Waals surface area contributed by atoms with E-state index in [4.69, 9.17) is 0 Å². The van der Waals surface area contributed by atoms with Crippen molar-refractivity contribution in [3.63, 3.8) is 0 Å². The number of sulfonamides is 1. The maximum Gasteiger partial charge on any atom is 0.242 e. The van der Waals surface area contributed by atoms with Crippen molar-refractivity contribution in [2.24, 2.45) is 0 Å². The van der Waals surface area contributed by atoms with Gasteiger partial charge in [-0.05, 0) is 42.3 Å². The highest BCUT2D eigenvalue weighted by Crippen LogP contribution is 2.19. The lowest BCUT2D eigenvalue weighted by molar-refractivity contribution is 0.463. The fraction of sp³-hybridized carbons (Fsp3) is 0.214. The van der Waals surface area contributed by atoms with E-state index < -0.39 is 10.0 Å². The van der Waals surface area contributed by atoms with Gasteiger partial charge in [-0.3, -0.25) is 4.98 Å². The number of rotatable bonds is 5. The summed E-state index contributed by atoms with van der Waals surface area (Å²) in [5, 5.41) is 9.38. The Labute approximate surface area is 118 Å². The summed E-state index contributed by atoms with van der Waals surface area (Å²) in [6.45, 7) is 0.363. The molecule has 0 amide bonds. The molecule has 0 aliphatic carbocycles. The van der Waals surface area contributed by atoms with Crippen molar-refractivity contribution >= 4 is 10.0 Å². The van der Waals surface area contributed by atoms with Crippen LogP contribution in [0.3, 0.4) is 0 Å². The van der Waals surface area contributed by atoms with Gasteiger partial charge in [0.1, 0.15) is 5.75 Å². The third kappa shape index (κ3) is 3.34. The first-order valence-electron chi connectivity index (χ1n) is 6.14. The van der Waals surface area contributed by atoms with Crippen molar-refractivity contribution in [1.29, 1.82) is 0 Å². The maximum absolute atomic E-state index is 12.3. The fourth-order valence-corrected chi connectivity index (χ4v) is 2.99. The standard InChI is InChI=1S/C14H16N2O3S/c1-16(10-7-12-5-8-15-9-6-12)20(18,19)14-4-2-3-13(17)11-14/h2-6,8-9,11,17H,7,10H2,1H3. The van der Waals surface area contributed by atoms with Crippen LogP contribution in [0.2, 0.25) is 0 Å². The molecule has 0 aliphatic rings. The first kappa shape index (κ1) is 14.5. The molecular formula is C14H16N2O3S. The lowest BCUT2D eigenvalue weighted by atomic mass is 10.2. The molecule has 6 heteroatoms. The van der Waals surface area contributed by atoms with Gasteiger partial charge in [0.05, 0.1) is 4.90 Å². The molecule has 0 bridgehead atoms. The van der Waals surface area contributed by atoms with Crippen LogP contribution in [0, 0.1) is 0 Å². The van der Waals surface area contributed by atoms with Crippen molar-refractivity contribution in [3.05, 3.63) is 54.4 Å². The van der Waals surface area contributed by atoms with E-state index in [1.165, 1.54) is 35.6 Å². The largest absolute Gasteiger partial charge is 0.508 e. The molecule has 0 spiro atoms. The van der Waals surface area contributed by atoms with Gasteiger partial charge in [0.2, 0.25) is 10.0 Å². The maximum atomic E-state index is 12.3. The summed E-state index contributed by atoms with van der Waals surface area (Å²) in [5.41, 5.74) is 1.03. The van der Waals surface area contributed by atoms with Gasteiger partial charge >= 0.3 is 0 Å². The number of hydrogen-bond acceptors (Lipinski definition) is 4. The van der Waals surface area contributed by atoms with Crippen molar-refractivity contribution in [1.82, 2.24) is 9.29 Å². The van der Waals surface area contributed by atoms with Gasteiger partial charge in [0.25, 0.3) is 0 Å². The normalized spacial score (nSPS) is 11.7. The summed E-state index contributed by atoms with van der Waals surface area (Å²) >= 11 is 0. The fourth-order valence-electron chi connectivity index (χ4n) is 1.78. The SMILES string of the molecule is CN(CCc1ccncc1)S(=O)(=O)c1cccc(O)c1. The number of phenols is 1. The van der Waals surface area contributed by atoms with Crippen LogP contribution in [0.5, 0.6) is 5.75 Å². The number of aromatic nitrogens is 1. The molecule has 0 saturated carbocycles. The minimum atomic E-state index is -3.57. The zero-order valence-corrected chi connectivity index (χ0v) is 11.9. The molecule has 0 atom stereocenters. The minimum Gasteiger partial charge on any atom is -0.508 e. The highest BCUT2D eigenvalue weighted by molar-refractivity contribution is 7.89. The van der Waals surface area contributed by atoms with Crippen LogP contribution in [0.15, 0.2) is 53.7 Å². The van der Waals surface area contributed by atoms with Crippen LogP contribution in [0.1, 0.15) is 5.56 Å². The molecule has 0 fully saturated rings. The van der Waals surface area contributed by atoms with Gasteiger partial charge < -0.3 is 5.11 Å². The summed E-state index contributed by atoms with van der Waals surface area (Å²) < 4.78 is 25.9. The molecule has 2 rings (SSSR count). The Balaban J connectivity index is 2.10. The lowest BCUT2D eigenvalue weighted by Gasteiger charge is -2.17. The molecule has 1 aromatic carbocycles. The Kier molecular flexibility index (Phi) is 4.36. The molecule has 2 aromatic rings. The Morgan fingerprint density at radius 3 is 2.55 bits per heavy atom. The van der Waals surface area contributed by atoms with Crippen molar-refractivity contribution in [2.75, 3.05) is 13.6 Å². The van der Waals surface area contributed by atoms with Gasteiger partial charge in [-0.25, -0.2) is 12.7 Å². The minimum absolute atomic E-state index is 0.0615. The first-order valence-corrected chi connectivity index (χ1v) is 7.58. The summed E-state index contributed by atoms with van der Waals surface area (Å²) in [7, 11) is -2.05. The van der Waals surface area contributed by atoms with Gasteiger partial charge in [0.15, 0.2) is 0 Å². The lowest BCUT2D eigenvalue weighted by Crippen LogP contribution is -2.29. The second kappa shape index (κ2) is 6.02. The molecule has 0 aliphatic heterocycles. The predicted octanol–water partition coefficient (Wildman–Crippen LogP) is 1.65. The van der Waals surface area contributed by atoms with E-state index in [-0.39, 0.29) is 10.6 Å². The molecule has 5 nitrogen and oxygen atoms in total. The van der Waals surface area contributed by atoms with Gasteiger partial charge in [0, 0.05) is 26.0 Å². The smallest absolute Gasteiger partial charge is 0.242 e. The topological polar surface area (TPSA) is 70.5 Å². The average molecular weight is 292 g/mol. The second-order valence-electron chi connectivity index (χ2n) is 4.43. The van der Waals surface area contributed by atoms with E-state index in [1.807, 2.05) is 12.1 Å². The third-order valence-corrected chi connectivity index (χ3v) is 4.84. The Morgan fingerprint density at radius 2 is 1.90 bits per heavy atom. The summed E-state index contributed by atoms with van der Waals surface area (Å²) in [6.07, 6.45) is 3.97. The van der Waals surface area contributed by atoms with E-state index >= 15 is 0 Å². The second-order valence-corrected chi connectivity index (χ2v) is 6.47. The molecular weight excluding hydrogens is 276 g/mol. The van der Waals surface area contributed by atoms with Gasteiger partial charge in [-0.15, -0.1) is 0 Å². The number of aromatic hydroxyl groups is 1. The molecule has 0 unspecified atom stereocenters. The van der Waals surface area contributed by atoms with Gasteiger partial charge in [-0.2, -0.15) is 0 Å². The number of benzene rings is 1. The Morgan fingerprint density at radius 1 is 1.20 bits per heavy atom. The zero-order valence-electron chi connectivity index (χ0n) is 11.1. The van der Waals surface area contributed by atoms with Crippen LogP contribution >= 0.6 is 0 Å². The highest BCUT2D eigenvalue weighted by Gasteiger charge is 2.20. The van der Waals surface area contributed by atoms with Crippen LogP contribution in [0.4, 0.5) is 0 Å². The molecule has 20 heavy (non-hydrogen) atoms. The molecule has 1 aromatic heterocycles. The van der Waals surface area contributed by atoms with E-state index in [2.05, 4.69) is 4.98 Å². The number of likely N-dealkylation sites (N-methyl/N-ethyl adjacent to an activating group) is 1. The van der Waals surface area contributed by atoms with E-state index in [0.717, 1.165) is 5.56 Å². The number of phenolic OH excluding ortho intramolecular Hbond substituents is 1. The zero-order chi connectivity index (χ0) is 14.6. The third-order valence-electron chi connectivity index (χ3n) is 2.99. The molecule has 106 valence electrons. The van der Waals surface area contributed by atoms with Crippen LogP contribution < -0.4 is 0 Å². The van der Waals surface area contributed by atoms with Crippen molar-refractivity contribution in [3.8, 4) is 5.75 Å². The monoisotopic (exact) mass is 292 g/mol. The summed E-state index contributed by atoms with van der Waals surface area (Å²) in [4.78, 5) is 4.01. The molecule has 0 radical (unpaired) electrons. The van der Waals surface area contributed by atoms with E-state index in [9.17, 15) is 13.5 Å². The Bertz CT molecular complexity index is 672. The predicted molar refractivity (Wildman–Crippen MR) is 75.9 cm³/mol. The van der Waals surface area contributed by atoms with Crippen LogP contribution in [-0.2, 0) is 16.4 Å². The number of nitrogens with zero attached hydrogens (tertiary/aromatic N) is 2. The van der Waals surface area contributed by atoms with Crippen molar-refractivity contribution in [2.45, 2.75) is 11.3 Å². The first-order chi connectivity index (χ1) is 9.50. The van der Waals surface area contributed by atoms with Crippen LogP contribution in [0.25, 0.3) is 0 Å². The number of hydrogen-bond donors (Lipinski definition) is 1. The number of pyridine rings is 1. The molecule has 0 saturated heterocycles. The van der Waals surface area contributed by atoms with Crippen molar-refractivity contribution < 1.29 is 13.5 Å². The van der Waals surface area contributed by atoms with E-state index in [1.54, 1.807) is 12.4 Å². The Hall–Kier alpha value is -1.92.